The number of aliphatic hydroxyl groups excluding tert-OH is 1. The maximum absolute atomic E-state index is 10.7. The van der Waals surface area contributed by atoms with Crippen LogP contribution in [-0.2, 0) is 13.1 Å². The third-order valence-electron chi connectivity index (χ3n) is 5.35. The molecule has 3 aromatic carbocycles. The number of methoxy groups -OCH3 is 2. The third-order valence-corrected chi connectivity index (χ3v) is 5.35. The summed E-state index contributed by atoms with van der Waals surface area (Å²) >= 11 is 0. The first kappa shape index (κ1) is 22.8. The normalized spacial score (nSPS) is 13.1. The molecule has 3 aromatic rings. The van der Waals surface area contributed by atoms with Gasteiger partial charge < -0.3 is 28.8 Å². The topological polar surface area (TPSA) is 69.6 Å². The van der Waals surface area contributed by atoms with Crippen LogP contribution in [0.1, 0.15) is 11.1 Å². The van der Waals surface area contributed by atoms with Crippen LogP contribution in [0.25, 0.3) is 0 Å². The van der Waals surface area contributed by atoms with Gasteiger partial charge in [-0.3, -0.25) is 4.90 Å². The summed E-state index contributed by atoms with van der Waals surface area (Å²) < 4.78 is 27.5. The highest BCUT2D eigenvalue weighted by Crippen LogP contribution is 2.33. The highest BCUT2D eigenvalue weighted by Gasteiger charge is 2.18. The molecule has 0 fully saturated rings. The molecule has 1 aliphatic heterocycles. The van der Waals surface area contributed by atoms with Crippen molar-refractivity contribution in [1.82, 2.24) is 4.90 Å². The van der Waals surface area contributed by atoms with Gasteiger partial charge in [-0.05, 0) is 47.5 Å². The second kappa shape index (κ2) is 10.9. The first-order chi connectivity index (χ1) is 16.1. The number of benzene rings is 3. The molecule has 1 aliphatic rings. The second-order valence-electron chi connectivity index (χ2n) is 7.82. The highest BCUT2D eigenvalue weighted by atomic mass is 16.7. The van der Waals surface area contributed by atoms with Crippen molar-refractivity contribution in [3.63, 3.8) is 0 Å². The van der Waals surface area contributed by atoms with E-state index in [1.54, 1.807) is 14.2 Å². The summed E-state index contributed by atoms with van der Waals surface area (Å²) in [4.78, 5) is 2.16. The van der Waals surface area contributed by atoms with Crippen LogP contribution in [0.2, 0.25) is 0 Å². The molecule has 0 spiro atoms. The van der Waals surface area contributed by atoms with E-state index in [1.165, 1.54) is 0 Å². The SMILES string of the molecule is COc1ccc(CN(Cc2ccc3c(c2)OCO3)C[C@H](O)COc2ccccc2)cc1OC. The molecule has 0 bridgehead atoms. The van der Waals surface area contributed by atoms with Crippen molar-refractivity contribution in [2.45, 2.75) is 19.2 Å². The van der Waals surface area contributed by atoms with Crippen molar-refractivity contribution in [3.05, 3.63) is 77.9 Å². The van der Waals surface area contributed by atoms with Gasteiger partial charge in [-0.15, -0.1) is 0 Å². The maximum atomic E-state index is 10.7. The number of aliphatic hydroxyl groups is 1. The van der Waals surface area contributed by atoms with Crippen LogP contribution in [-0.4, -0.2) is 50.3 Å². The largest absolute Gasteiger partial charge is 0.493 e. The number of fused-ring (bicyclic) bond motifs is 1. The third kappa shape index (κ3) is 6.09. The molecule has 0 saturated heterocycles. The van der Waals surface area contributed by atoms with Gasteiger partial charge in [0, 0.05) is 19.6 Å². The van der Waals surface area contributed by atoms with Gasteiger partial charge in [0.25, 0.3) is 0 Å². The number of nitrogens with zero attached hydrogens (tertiary/aromatic N) is 1. The first-order valence-electron chi connectivity index (χ1n) is 10.8. The van der Waals surface area contributed by atoms with E-state index in [4.69, 9.17) is 23.7 Å². The molecule has 1 heterocycles. The van der Waals surface area contributed by atoms with Crippen molar-refractivity contribution < 1.29 is 28.8 Å². The van der Waals surface area contributed by atoms with Gasteiger partial charge >= 0.3 is 0 Å². The maximum Gasteiger partial charge on any atom is 0.231 e. The van der Waals surface area contributed by atoms with Crippen LogP contribution in [0.4, 0.5) is 0 Å². The zero-order valence-corrected chi connectivity index (χ0v) is 18.9. The van der Waals surface area contributed by atoms with Gasteiger partial charge in [0.15, 0.2) is 23.0 Å². The van der Waals surface area contributed by atoms with Gasteiger partial charge in [0.1, 0.15) is 18.5 Å². The van der Waals surface area contributed by atoms with Crippen LogP contribution in [0, 0.1) is 0 Å². The Morgan fingerprint density at radius 2 is 1.55 bits per heavy atom. The van der Waals surface area contributed by atoms with Gasteiger partial charge in [-0.1, -0.05) is 30.3 Å². The minimum atomic E-state index is -0.667. The van der Waals surface area contributed by atoms with E-state index in [1.807, 2.05) is 66.7 Å². The van der Waals surface area contributed by atoms with E-state index < -0.39 is 6.10 Å². The fourth-order valence-electron chi connectivity index (χ4n) is 3.78. The van der Waals surface area contributed by atoms with Crippen molar-refractivity contribution in [2.75, 3.05) is 34.2 Å². The van der Waals surface area contributed by atoms with Crippen LogP contribution in [0.15, 0.2) is 66.7 Å². The molecule has 33 heavy (non-hydrogen) atoms. The minimum Gasteiger partial charge on any atom is -0.493 e. The molecule has 7 heteroatoms. The number of para-hydroxylation sites is 1. The minimum absolute atomic E-state index is 0.202. The molecule has 4 rings (SSSR count). The van der Waals surface area contributed by atoms with Crippen molar-refractivity contribution >= 4 is 0 Å². The summed E-state index contributed by atoms with van der Waals surface area (Å²) in [6, 6.07) is 21.3. The monoisotopic (exact) mass is 451 g/mol. The Labute approximate surface area is 194 Å². The Balaban J connectivity index is 1.47. The zero-order chi connectivity index (χ0) is 23.0. The first-order valence-corrected chi connectivity index (χ1v) is 10.8. The lowest BCUT2D eigenvalue weighted by Gasteiger charge is -2.26. The fraction of sp³-hybridized carbons (Fsp3) is 0.308. The van der Waals surface area contributed by atoms with Crippen LogP contribution in [0.3, 0.4) is 0 Å². The summed E-state index contributed by atoms with van der Waals surface area (Å²) in [5.41, 5.74) is 2.11. The Kier molecular flexibility index (Phi) is 7.55. The Hall–Kier alpha value is -3.42. The molecular formula is C26H29NO6. The van der Waals surface area contributed by atoms with Gasteiger partial charge in [0.05, 0.1) is 14.2 Å². The molecule has 0 saturated carbocycles. The van der Waals surface area contributed by atoms with Crippen LogP contribution < -0.4 is 23.7 Å². The number of rotatable bonds is 11. The number of hydrogen-bond acceptors (Lipinski definition) is 7. The molecule has 7 nitrogen and oxygen atoms in total. The van der Waals surface area contributed by atoms with E-state index in [-0.39, 0.29) is 13.4 Å². The Morgan fingerprint density at radius 1 is 0.848 bits per heavy atom. The Morgan fingerprint density at radius 3 is 2.30 bits per heavy atom. The number of hydrogen-bond donors (Lipinski definition) is 1. The summed E-state index contributed by atoms with van der Waals surface area (Å²) in [5, 5.41) is 10.7. The summed E-state index contributed by atoms with van der Waals surface area (Å²) in [7, 11) is 3.24. The number of ether oxygens (including phenoxy) is 5. The molecule has 0 unspecified atom stereocenters. The van der Waals surface area contributed by atoms with Gasteiger partial charge in [-0.25, -0.2) is 0 Å². The quantitative estimate of drug-likeness (QED) is 0.475. The molecular weight excluding hydrogens is 422 g/mol. The zero-order valence-electron chi connectivity index (χ0n) is 18.9. The van der Waals surface area contributed by atoms with Crippen molar-refractivity contribution in [1.29, 1.82) is 0 Å². The van der Waals surface area contributed by atoms with Crippen LogP contribution >= 0.6 is 0 Å². The van der Waals surface area contributed by atoms with Crippen molar-refractivity contribution in [2.24, 2.45) is 0 Å². The molecule has 0 aromatic heterocycles. The summed E-state index contributed by atoms with van der Waals surface area (Å²) in [6.45, 7) is 2.09. The molecule has 0 amide bonds. The van der Waals surface area contributed by atoms with Crippen molar-refractivity contribution in [3.8, 4) is 28.7 Å². The molecule has 174 valence electrons. The predicted molar refractivity (Wildman–Crippen MR) is 124 cm³/mol. The van der Waals surface area contributed by atoms with E-state index in [0.29, 0.717) is 31.1 Å². The fourth-order valence-corrected chi connectivity index (χ4v) is 3.78. The highest BCUT2D eigenvalue weighted by molar-refractivity contribution is 5.45. The summed E-state index contributed by atoms with van der Waals surface area (Å²) in [6.07, 6.45) is -0.667. The average molecular weight is 452 g/mol. The molecule has 1 atom stereocenters. The van der Waals surface area contributed by atoms with E-state index in [9.17, 15) is 5.11 Å². The smallest absolute Gasteiger partial charge is 0.231 e. The van der Waals surface area contributed by atoms with E-state index >= 15 is 0 Å². The van der Waals surface area contributed by atoms with E-state index in [2.05, 4.69) is 4.90 Å². The lowest BCUT2D eigenvalue weighted by molar-refractivity contribution is 0.0628. The molecule has 0 radical (unpaired) electrons. The van der Waals surface area contributed by atoms with E-state index in [0.717, 1.165) is 28.4 Å². The van der Waals surface area contributed by atoms with Gasteiger partial charge in [-0.2, -0.15) is 0 Å². The van der Waals surface area contributed by atoms with Crippen LogP contribution in [0.5, 0.6) is 28.7 Å². The predicted octanol–water partition coefficient (Wildman–Crippen LogP) is 3.87. The Bertz CT molecular complexity index is 1040. The molecule has 0 aliphatic carbocycles. The summed E-state index contributed by atoms with van der Waals surface area (Å²) in [5.74, 6) is 3.58. The standard InChI is InChI=1S/C26H29NO6/c1-29-23-10-8-19(12-25(23)30-2)14-27(15-20-9-11-24-26(13-20)33-18-32-24)16-21(28)17-31-22-6-4-3-5-7-22/h3-13,21,28H,14-18H2,1-2H3/t21-/m0/s1. The van der Waals surface area contributed by atoms with Gasteiger partial charge in [0.2, 0.25) is 6.79 Å². The lowest BCUT2D eigenvalue weighted by Crippen LogP contribution is -2.35. The average Bonchev–Trinajstić information content (AvgIpc) is 3.31. The molecule has 1 N–H and O–H groups in total. The second-order valence-corrected chi connectivity index (χ2v) is 7.82. The lowest BCUT2D eigenvalue weighted by atomic mass is 10.1.